The number of aryl methyl sites for hydroxylation is 1. The number of halogens is 1. The zero-order chi connectivity index (χ0) is 20.4. The third kappa shape index (κ3) is 4.24. The van der Waals surface area contributed by atoms with E-state index >= 15 is 0 Å². The molecule has 6 nitrogen and oxygen atoms in total. The van der Waals surface area contributed by atoms with Crippen LogP contribution in [0, 0.1) is 12.7 Å². The Balaban J connectivity index is 1.39. The lowest BCUT2D eigenvalue weighted by molar-refractivity contribution is -0.120. The third-order valence-electron chi connectivity index (χ3n) is 5.57. The Labute approximate surface area is 169 Å². The summed E-state index contributed by atoms with van der Waals surface area (Å²) in [5.74, 6) is 0.442. The molecule has 2 heterocycles. The maximum atomic E-state index is 13.7. The normalized spacial score (nSPS) is 16.6. The number of nitrogens with one attached hydrogen (secondary N) is 2. The van der Waals surface area contributed by atoms with Crippen molar-refractivity contribution in [3.8, 4) is 0 Å². The summed E-state index contributed by atoms with van der Waals surface area (Å²) in [4.78, 5) is 25.2. The number of amides is 1. The van der Waals surface area contributed by atoms with E-state index in [1.54, 1.807) is 19.1 Å². The molecule has 29 heavy (non-hydrogen) atoms. The first-order valence-corrected chi connectivity index (χ1v) is 10.0. The molecular weight excluding hydrogens is 369 g/mol. The van der Waals surface area contributed by atoms with Gasteiger partial charge in [0.2, 0.25) is 11.9 Å². The molecule has 0 bridgehead atoms. The molecule has 1 aliphatic heterocycles. The van der Waals surface area contributed by atoms with Gasteiger partial charge >= 0.3 is 0 Å². The molecule has 1 aliphatic rings. The van der Waals surface area contributed by atoms with E-state index in [4.69, 9.17) is 4.98 Å². The first-order valence-electron chi connectivity index (χ1n) is 10.0. The molecule has 152 valence electrons. The number of rotatable bonds is 4. The number of nitrogens with zero attached hydrogens (tertiary/aromatic N) is 3. The molecule has 1 amide bonds. The molecule has 0 aliphatic carbocycles. The second-order valence-corrected chi connectivity index (χ2v) is 7.58. The highest BCUT2D eigenvalue weighted by Gasteiger charge is 2.25. The largest absolute Gasteiger partial charge is 0.341 e. The lowest BCUT2D eigenvalue weighted by Crippen LogP contribution is -2.44. The van der Waals surface area contributed by atoms with E-state index in [0.717, 1.165) is 49.6 Å². The van der Waals surface area contributed by atoms with Gasteiger partial charge in [0.05, 0.1) is 17.1 Å². The van der Waals surface area contributed by atoms with Gasteiger partial charge in [-0.15, -0.1) is 0 Å². The predicted octanol–water partition coefficient (Wildman–Crippen LogP) is 3.55. The summed E-state index contributed by atoms with van der Waals surface area (Å²) in [5, 5.41) is 2.84. The molecular formula is C22H26FN5O. The molecule has 1 aromatic heterocycles. The molecule has 7 heteroatoms. The summed E-state index contributed by atoms with van der Waals surface area (Å²) in [6, 6.07) is 12.5. The smallest absolute Gasteiger partial charge is 0.241 e. The highest BCUT2D eigenvalue weighted by Crippen LogP contribution is 2.20. The lowest BCUT2D eigenvalue weighted by atomic mass is 10.2. The number of para-hydroxylation sites is 2. The highest BCUT2D eigenvalue weighted by atomic mass is 19.1. The Morgan fingerprint density at radius 1 is 1.17 bits per heavy atom. The minimum atomic E-state index is -0.313. The van der Waals surface area contributed by atoms with E-state index in [9.17, 15) is 9.18 Å². The second-order valence-electron chi connectivity index (χ2n) is 7.58. The van der Waals surface area contributed by atoms with Crippen LogP contribution in [0.1, 0.15) is 18.9 Å². The van der Waals surface area contributed by atoms with Crippen LogP contribution in [0.3, 0.4) is 0 Å². The van der Waals surface area contributed by atoms with Crippen molar-refractivity contribution in [2.24, 2.45) is 0 Å². The zero-order valence-electron chi connectivity index (χ0n) is 16.8. The van der Waals surface area contributed by atoms with Crippen LogP contribution in [-0.4, -0.2) is 53.0 Å². The van der Waals surface area contributed by atoms with Crippen LogP contribution in [0.4, 0.5) is 16.0 Å². The number of aromatic amines is 1. The van der Waals surface area contributed by atoms with Gasteiger partial charge in [0.15, 0.2) is 0 Å². The number of carbonyl (C=O) groups excluding carboxylic acids is 1. The summed E-state index contributed by atoms with van der Waals surface area (Å²) >= 11 is 0. The van der Waals surface area contributed by atoms with Gasteiger partial charge < -0.3 is 15.2 Å². The van der Waals surface area contributed by atoms with E-state index in [2.05, 4.69) is 20.1 Å². The second kappa shape index (κ2) is 8.21. The summed E-state index contributed by atoms with van der Waals surface area (Å²) in [6.45, 7) is 6.86. The Morgan fingerprint density at radius 3 is 2.79 bits per heavy atom. The molecule has 1 atom stereocenters. The topological polar surface area (TPSA) is 64.3 Å². The molecule has 1 unspecified atom stereocenters. The maximum absolute atomic E-state index is 13.7. The molecule has 1 fully saturated rings. The van der Waals surface area contributed by atoms with Crippen LogP contribution < -0.4 is 10.2 Å². The molecule has 1 saturated heterocycles. The fraction of sp³-hybridized carbons (Fsp3) is 0.364. The van der Waals surface area contributed by atoms with Crippen molar-refractivity contribution in [1.29, 1.82) is 0 Å². The van der Waals surface area contributed by atoms with E-state index in [1.165, 1.54) is 6.07 Å². The predicted molar refractivity (Wildman–Crippen MR) is 114 cm³/mol. The summed E-state index contributed by atoms with van der Waals surface area (Å²) in [6.07, 6.45) is 0.938. The van der Waals surface area contributed by atoms with Gasteiger partial charge in [-0.05, 0) is 50.1 Å². The number of imidazole rings is 1. The van der Waals surface area contributed by atoms with Crippen molar-refractivity contribution in [2.75, 3.05) is 36.4 Å². The van der Waals surface area contributed by atoms with Gasteiger partial charge in [0, 0.05) is 31.9 Å². The molecule has 3 aromatic rings. The maximum Gasteiger partial charge on any atom is 0.241 e. The van der Waals surface area contributed by atoms with Gasteiger partial charge in [-0.1, -0.05) is 18.2 Å². The summed E-state index contributed by atoms with van der Waals surface area (Å²) in [5.41, 5.74) is 3.04. The summed E-state index contributed by atoms with van der Waals surface area (Å²) < 4.78 is 13.7. The fourth-order valence-electron chi connectivity index (χ4n) is 3.71. The molecule has 0 saturated carbocycles. The Bertz CT molecular complexity index is 984. The fourth-order valence-corrected chi connectivity index (χ4v) is 3.71. The van der Waals surface area contributed by atoms with E-state index in [0.29, 0.717) is 11.3 Å². The van der Waals surface area contributed by atoms with Crippen LogP contribution in [0.5, 0.6) is 0 Å². The van der Waals surface area contributed by atoms with E-state index in [1.807, 2.05) is 31.2 Å². The van der Waals surface area contributed by atoms with Gasteiger partial charge in [-0.2, -0.15) is 0 Å². The average Bonchev–Trinajstić information content (AvgIpc) is 2.99. The van der Waals surface area contributed by atoms with Gasteiger partial charge in [0.25, 0.3) is 0 Å². The van der Waals surface area contributed by atoms with Crippen molar-refractivity contribution < 1.29 is 9.18 Å². The number of H-pyrrole nitrogens is 1. The molecule has 2 aromatic carbocycles. The van der Waals surface area contributed by atoms with Crippen molar-refractivity contribution in [2.45, 2.75) is 26.3 Å². The Hall–Kier alpha value is -2.93. The number of aromatic nitrogens is 2. The number of hydrogen-bond donors (Lipinski definition) is 2. The summed E-state index contributed by atoms with van der Waals surface area (Å²) in [7, 11) is 0. The van der Waals surface area contributed by atoms with E-state index < -0.39 is 0 Å². The van der Waals surface area contributed by atoms with E-state index in [-0.39, 0.29) is 17.8 Å². The van der Waals surface area contributed by atoms with Crippen molar-refractivity contribution in [3.63, 3.8) is 0 Å². The number of hydrogen-bond acceptors (Lipinski definition) is 4. The van der Waals surface area contributed by atoms with Gasteiger partial charge in [-0.3, -0.25) is 9.69 Å². The van der Waals surface area contributed by atoms with Crippen LogP contribution in [0.25, 0.3) is 11.0 Å². The van der Waals surface area contributed by atoms with Crippen molar-refractivity contribution in [1.82, 2.24) is 14.9 Å². The minimum absolute atomic E-state index is 0.120. The first-order chi connectivity index (χ1) is 14.0. The molecule has 0 spiro atoms. The monoisotopic (exact) mass is 395 g/mol. The lowest BCUT2D eigenvalue weighted by Gasteiger charge is -2.27. The SMILES string of the molecule is Cc1ccc(NC(=O)C(C)N2CCCN(c3nc4ccccc4[nH]3)CC2)cc1F. The van der Waals surface area contributed by atoms with Crippen molar-refractivity contribution in [3.05, 3.63) is 53.8 Å². The standard InChI is InChI=1S/C22H26FN5O/c1-15-8-9-17(14-18(15)23)24-21(29)16(2)27-10-5-11-28(13-12-27)22-25-19-6-3-4-7-20(19)26-22/h3-4,6-9,14,16H,5,10-13H2,1-2H3,(H,24,29)(H,25,26). The van der Waals surface area contributed by atoms with Crippen LogP contribution >= 0.6 is 0 Å². The average molecular weight is 395 g/mol. The number of fused-ring (bicyclic) bond motifs is 1. The number of carbonyl (C=O) groups is 1. The quantitative estimate of drug-likeness (QED) is 0.709. The zero-order valence-corrected chi connectivity index (χ0v) is 16.8. The first kappa shape index (κ1) is 19.4. The molecule has 0 radical (unpaired) electrons. The minimum Gasteiger partial charge on any atom is -0.341 e. The van der Waals surface area contributed by atoms with Gasteiger partial charge in [-0.25, -0.2) is 9.37 Å². The number of anilines is 2. The molecule has 2 N–H and O–H groups in total. The van der Waals surface area contributed by atoms with Crippen molar-refractivity contribution >= 4 is 28.6 Å². The van der Waals surface area contributed by atoms with Gasteiger partial charge in [0.1, 0.15) is 5.82 Å². The highest BCUT2D eigenvalue weighted by molar-refractivity contribution is 5.94. The van der Waals surface area contributed by atoms with Crippen LogP contribution in [0.2, 0.25) is 0 Å². The van der Waals surface area contributed by atoms with Crippen LogP contribution in [-0.2, 0) is 4.79 Å². The Morgan fingerprint density at radius 2 is 2.00 bits per heavy atom. The van der Waals surface area contributed by atoms with Crippen LogP contribution in [0.15, 0.2) is 42.5 Å². The Kier molecular flexibility index (Phi) is 5.49. The molecule has 4 rings (SSSR count). The third-order valence-corrected chi connectivity index (χ3v) is 5.57. The number of benzene rings is 2.